The van der Waals surface area contributed by atoms with Crippen LogP contribution in [0.3, 0.4) is 0 Å². The average Bonchev–Trinajstić information content (AvgIpc) is 2.51. The first kappa shape index (κ1) is 12.6. The Hall–Kier alpha value is -2.46. The Kier molecular flexibility index (Phi) is 3.31. The van der Waals surface area contributed by atoms with E-state index in [1.807, 2.05) is 48.5 Å². The van der Waals surface area contributed by atoms with Gasteiger partial charge in [-0.25, -0.2) is 4.98 Å². The van der Waals surface area contributed by atoms with E-state index in [2.05, 4.69) is 4.98 Å². The van der Waals surface area contributed by atoms with Crippen LogP contribution in [0.5, 0.6) is 0 Å². The maximum Gasteiger partial charge on any atom is 0.261 e. The fraction of sp³-hybridized carbons (Fsp3) is 0.125. The molecule has 0 radical (unpaired) electrons. The molecule has 0 atom stereocenters. The molecule has 0 unspecified atom stereocenters. The maximum absolute atomic E-state index is 12.5. The highest BCUT2D eigenvalue weighted by Crippen LogP contribution is 2.18. The summed E-state index contributed by atoms with van der Waals surface area (Å²) in [6.07, 6.45) is 0. The highest BCUT2D eigenvalue weighted by Gasteiger charge is 2.11. The van der Waals surface area contributed by atoms with Crippen molar-refractivity contribution in [2.45, 2.75) is 6.54 Å². The lowest BCUT2D eigenvalue weighted by molar-refractivity contribution is 0.274. The topological polar surface area (TPSA) is 55.1 Å². The van der Waals surface area contributed by atoms with E-state index in [1.54, 1.807) is 6.07 Å². The molecule has 3 rings (SSSR count). The summed E-state index contributed by atoms with van der Waals surface area (Å²) in [7, 11) is 0. The second-order valence-electron chi connectivity index (χ2n) is 4.50. The third-order valence-corrected chi connectivity index (χ3v) is 3.22. The van der Waals surface area contributed by atoms with E-state index in [0.717, 1.165) is 5.56 Å². The summed E-state index contributed by atoms with van der Waals surface area (Å²) in [5.41, 5.74) is 1.41. The summed E-state index contributed by atoms with van der Waals surface area (Å²) in [6, 6.07) is 16.8. The smallest absolute Gasteiger partial charge is 0.261 e. The van der Waals surface area contributed by atoms with Crippen molar-refractivity contribution in [1.29, 1.82) is 0 Å². The van der Waals surface area contributed by atoms with E-state index in [1.165, 1.54) is 4.57 Å². The summed E-state index contributed by atoms with van der Waals surface area (Å²) < 4.78 is 1.53. The summed E-state index contributed by atoms with van der Waals surface area (Å²) in [4.78, 5) is 17.1. The van der Waals surface area contributed by atoms with Gasteiger partial charge in [0.2, 0.25) is 0 Å². The van der Waals surface area contributed by atoms with Crippen LogP contribution < -0.4 is 5.56 Å². The lowest BCUT2D eigenvalue weighted by Crippen LogP contribution is -2.24. The second kappa shape index (κ2) is 5.27. The fourth-order valence-corrected chi connectivity index (χ4v) is 2.28. The first-order valence-electron chi connectivity index (χ1n) is 6.47. The van der Waals surface area contributed by atoms with Gasteiger partial charge in [0.25, 0.3) is 5.56 Å². The van der Waals surface area contributed by atoms with Crippen molar-refractivity contribution in [3.05, 3.63) is 65.0 Å². The second-order valence-corrected chi connectivity index (χ2v) is 4.50. The number of fused-ring (bicyclic) bond motifs is 1. The van der Waals surface area contributed by atoms with E-state index in [-0.39, 0.29) is 18.7 Å². The molecule has 4 nitrogen and oxygen atoms in total. The number of aromatic nitrogens is 2. The number of benzene rings is 2. The number of para-hydroxylation sites is 1. The van der Waals surface area contributed by atoms with Crippen molar-refractivity contribution in [3.63, 3.8) is 0 Å². The maximum atomic E-state index is 12.5. The number of nitrogens with zero attached hydrogens (tertiary/aromatic N) is 2. The van der Waals surface area contributed by atoms with Gasteiger partial charge in [-0.05, 0) is 12.1 Å². The normalized spacial score (nSPS) is 10.8. The molecule has 0 amide bonds. The largest absolute Gasteiger partial charge is 0.395 e. The van der Waals surface area contributed by atoms with Crippen LogP contribution in [0.25, 0.3) is 22.3 Å². The molecule has 2 aromatic carbocycles. The molecule has 3 aromatic rings. The monoisotopic (exact) mass is 266 g/mol. The summed E-state index contributed by atoms with van der Waals surface area (Å²) in [5, 5.41) is 9.77. The Balaban J connectivity index is 2.35. The number of aliphatic hydroxyl groups excluding tert-OH is 1. The van der Waals surface area contributed by atoms with Gasteiger partial charge in [-0.2, -0.15) is 0 Å². The minimum atomic E-state index is -0.122. The molecule has 0 fully saturated rings. The molecular weight excluding hydrogens is 252 g/mol. The zero-order chi connectivity index (χ0) is 13.9. The Morgan fingerprint density at radius 1 is 1.00 bits per heavy atom. The predicted molar refractivity (Wildman–Crippen MR) is 78.5 cm³/mol. The molecule has 1 N–H and O–H groups in total. The van der Waals surface area contributed by atoms with Crippen LogP contribution in [0, 0.1) is 0 Å². The molecule has 0 bridgehead atoms. The van der Waals surface area contributed by atoms with Gasteiger partial charge in [-0.15, -0.1) is 0 Å². The van der Waals surface area contributed by atoms with E-state index >= 15 is 0 Å². The fourth-order valence-electron chi connectivity index (χ4n) is 2.28. The Labute approximate surface area is 116 Å². The third-order valence-electron chi connectivity index (χ3n) is 3.22. The zero-order valence-electron chi connectivity index (χ0n) is 10.9. The molecule has 0 spiro atoms. The molecule has 1 heterocycles. The van der Waals surface area contributed by atoms with Crippen LogP contribution >= 0.6 is 0 Å². The molecule has 100 valence electrons. The Bertz CT molecular complexity index is 794. The number of hydrogen-bond acceptors (Lipinski definition) is 3. The van der Waals surface area contributed by atoms with Crippen molar-refractivity contribution in [2.75, 3.05) is 6.61 Å². The predicted octanol–water partition coefficient (Wildman–Crippen LogP) is 2.06. The number of aliphatic hydroxyl groups is 1. The first-order valence-corrected chi connectivity index (χ1v) is 6.47. The Morgan fingerprint density at radius 3 is 2.45 bits per heavy atom. The molecule has 0 aliphatic rings. The molecule has 0 aliphatic carbocycles. The quantitative estimate of drug-likeness (QED) is 0.789. The van der Waals surface area contributed by atoms with Gasteiger partial charge >= 0.3 is 0 Å². The van der Waals surface area contributed by atoms with Crippen molar-refractivity contribution >= 4 is 10.9 Å². The first-order chi connectivity index (χ1) is 9.81. The molecular formula is C16H14N2O2. The van der Waals surface area contributed by atoms with Crippen LogP contribution in [0.15, 0.2) is 59.4 Å². The lowest BCUT2D eigenvalue weighted by Gasteiger charge is -2.12. The van der Waals surface area contributed by atoms with Crippen molar-refractivity contribution in [1.82, 2.24) is 9.55 Å². The van der Waals surface area contributed by atoms with Crippen LogP contribution in [-0.2, 0) is 6.54 Å². The van der Waals surface area contributed by atoms with Gasteiger partial charge in [-0.1, -0.05) is 42.5 Å². The van der Waals surface area contributed by atoms with Gasteiger partial charge in [0.1, 0.15) is 5.82 Å². The lowest BCUT2D eigenvalue weighted by atomic mass is 10.2. The van der Waals surface area contributed by atoms with E-state index in [0.29, 0.717) is 16.7 Å². The van der Waals surface area contributed by atoms with Crippen molar-refractivity contribution < 1.29 is 5.11 Å². The SMILES string of the molecule is O=c1c2ccccc2nc(-c2ccccc2)n1CCO. The summed E-state index contributed by atoms with van der Waals surface area (Å²) in [5.74, 6) is 0.586. The van der Waals surface area contributed by atoms with Crippen LogP contribution in [-0.4, -0.2) is 21.3 Å². The minimum absolute atomic E-state index is 0.0975. The third kappa shape index (κ3) is 2.10. The van der Waals surface area contributed by atoms with Crippen molar-refractivity contribution in [3.8, 4) is 11.4 Å². The Morgan fingerprint density at radius 2 is 1.70 bits per heavy atom. The van der Waals surface area contributed by atoms with Gasteiger partial charge in [0.05, 0.1) is 24.1 Å². The highest BCUT2D eigenvalue weighted by molar-refractivity contribution is 5.79. The number of rotatable bonds is 3. The summed E-state index contributed by atoms with van der Waals surface area (Å²) >= 11 is 0. The minimum Gasteiger partial charge on any atom is -0.395 e. The number of hydrogen-bond donors (Lipinski definition) is 1. The standard InChI is InChI=1S/C16H14N2O2/c19-11-10-18-15(12-6-2-1-3-7-12)17-14-9-5-4-8-13(14)16(18)20/h1-9,19H,10-11H2. The van der Waals surface area contributed by atoms with E-state index in [4.69, 9.17) is 0 Å². The average molecular weight is 266 g/mol. The van der Waals surface area contributed by atoms with E-state index < -0.39 is 0 Å². The van der Waals surface area contributed by atoms with Gasteiger partial charge in [0.15, 0.2) is 0 Å². The molecule has 0 aliphatic heterocycles. The summed E-state index contributed by atoms with van der Waals surface area (Å²) in [6.45, 7) is 0.140. The molecule has 1 aromatic heterocycles. The molecule has 4 heteroatoms. The van der Waals surface area contributed by atoms with Gasteiger partial charge in [-0.3, -0.25) is 9.36 Å². The highest BCUT2D eigenvalue weighted by atomic mass is 16.3. The molecule has 0 saturated heterocycles. The van der Waals surface area contributed by atoms with Crippen molar-refractivity contribution in [2.24, 2.45) is 0 Å². The van der Waals surface area contributed by atoms with Gasteiger partial charge in [0, 0.05) is 5.56 Å². The van der Waals surface area contributed by atoms with Crippen LogP contribution in [0.4, 0.5) is 0 Å². The van der Waals surface area contributed by atoms with E-state index in [9.17, 15) is 9.90 Å². The van der Waals surface area contributed by atoms with Crippen LogP contribution in [0.1, 0.15) is 0 Å². The molecule has 0 saturated carbocycles. The van der Waals surface area contributed by atoms with Crippen LogP contribution in [0.2, 0.25) is 0 Å². The zero-order valence-corrected chi connectivity index (χ0v) is 10.9. The van der Waals surface area contributed by atoms with Gasteiger partial charge < -0.3 is 5.11 Å². The molecule has 20 heavy (non-hydrogen) atoms.